The van der Waals surface area contributed by atoms with E-state index in [-0.39, 0.29) is 5.39 Å². The van der Waals surface area contributed by atoms with Crippen LogP contribution in [-0.2, 0) is 6.42 Å². The molecule has 3 N–H and O–H groups in total. The summed E-state index contributed by atoms with van der Waals surface area (Å²) in [5.41, 5.74) is 8.05. The molecule has 1 aromatic heterocycles. The molecule has 23 heavy (non-hydrogen) atoms. The van der Waals surface area contributed by atoms with Crippen LogP contribution in [0.15, 0.2) is 41.5 Å². The normalized spacial score (nSPS) is 13.7. The van der Waals surface area contributed by atoms with Gasteiger partial charge in [-0.05, 0) is 30.2 Å². The van der Waals surface area contributed by atoms with Crippen molar-refractivity contribution in [3.63, 3.8) is 0 Å². The van der Waals surface area contributed by atoms with Gasteiger partial charge in [-0.3, -0.25) is 4.99 Å². The summed E-state index contributed by atoms with van der Waals surface area (Å²) in [6.07, 6.45) is 2.33. The lowest BCUT2D eigenvalue weighted by Gasteiger charge is -2.16. The second-order valence-corrected chi connectivity index (χ2v) is 5.38. The average Bonchev–Trinajstić information content (AvgIpc) is 3.00. The van der Waals surface area contributed by atoms with Gasteiger partial charge in [0.15, 0.2) is 17.4 Å². The van der Waals surface area contributed by atoms with Gasteiger partial charge in [0, 0.05) is 29.8 Å². The van der Waals surface area contributed by atoms with Crippen LogP contribution in [0.5, 0.6) is 11.5 Å². The highest BCUT2D eigenvalue weighted by molar-refractivity contribution is 6.00. The van der Waals surface area contributed by atoms with Gasteiger partial charge >= 0.3 is 0 Å². The van der Waals surface area contributed by atoms with Gasteiger partial charge in [0.25, 0.3) is 0 Å². The van der Waals surface area contributed by atoms with Crippen molar-refractivity contribution in [3.8, 4) is 11.5 Å². The molecule has 1 aliphatic heterocycles. The number of aliphatic imine (C=N–C) groups is 1. The van der Waals surface area contributed by atoms with Gasteiger partial charge in [-0.15, -0.1) is 0 Å². The van der Waals surface area contributed by atoms with Crippen LogP contribution in [-0.4, -0.2) is 17.4 Å². The lowest BCUT2D eigenvalue weighted by atomic mass is 10.0. The molecule has 1 aliphatic rings. The Balaban J connectivity index is 1.77. The maximum Gasteiger partial charge on any atom is 0.199 e. The van der Waals surface area contributed by atoms with Crippen LogP contribution in [0.1, 0.15) is 11.1 Å². The number of nitrogens with zero attached hydrogens (tertiary/aromatic N) is 1. The molecule has 6 heteroatoms. The van der Waals surface area contributed by atoms with E-state index >= 15 is 0 Å². The largest absolute Gasteiger partial charge is 0.451 e. The van der Waals surface area contributed by atoms with E-state index in [4.69, 9.17) is 10.5 Å². The Morgan fingerprint density at radius 1 is 1.17 bits per heavy atom. The van der Waals surface area contributed by atoms with Crippen molar-refractivity contribution in [2.45, 2.75) is 6.42 Å². The molecule has 3 aromatic rings. The highest BCUT2D eigenvalue weighted by Gasteiger charge is 2.18. The van der Waals surface area contributed by atoms with Gasteiger partial charge in [0.05, 0.1) is 5.52 Å². The number of H-pyrrole nitrogens is 1. The van der Waals surface area contributed by atoms with Crippen LogP contribution in [0.2, 0.25) is 0 Å². The number of halogens is 2. The first-order chi connectivity index (χ1) is 11.1. The predicted octanol–water partition coefficient (Wildman–Crippen LogP) is 3.50. The molecule has 0 fully saturated rings. The van der Waals surface area contributed by atoms with Crippen LogP contribution in [0.25, 0.3) is 10.9 Å². The number of amidine groups is 1. The smallest absolute Gasteiger partial charge is 0.199 e. The molecule has 4 rings (SSSR count). The fourth-order valence-corrected chi connectivity index (χ4v) is 2.78. The molecule has 0 aliphatic carbocycles. The summed E-state index contributed by atoms with van der Waals surface area (Å²) in [6, 6.07) is 7.93. The van der Waals surface area contributed by atoms with E-state index in [9.17, 15) is 8.78 Å². The third kappa shape index (κ3) is 2.23. The SMILES string of the molecule is NC1=NCCc2ccc(Oc3c(F)cc4[nH]ccc4c3F)cc21. The Bertz CT molecular complexity index is 946. The number of ether oxygens (including phenoxy) is 1. The monoisotopic (exact) mass is 313 g/mol. The molecule has 0 radical (unpaired) electrons. The molecule has 0 saturated heterocycles. The number of rotatable bonds is 2. The molecule has 2 heterocycles. The first-order valence-electron chi connectivity index (χ1n) is 7.19. The van der Waals surface area contributed by atoms with Gasteiger partial charge in [-0.25, -0.2) is 8.78 Å². The quantitative estimate of drug-likeness (QED) is 0.760. The molecule has 0 spiro atoms. The summed E-state index contributed by atoms with van der Waals surface area (Å²) >= 11 is 0. The highest BCUT2D eigenvalue weighted by Crippen LogP contribution is 2.33. The average molecular weight is 313 g/mol. The molecule has 0 amide bonds. The molecule has 0 bridgehead atoms. The maximum atomic E-state index is 14.4. The second-order valence-electron chi connectivity index (χ2n) is 5.38. The molecule has 4 nitrogen and oxygen atoms in total. The van der Waals surface area contributed by atoms with Crippen molar-refractivity contribution in [1.82, 2.24) is 4.98 Å². The first-order valence-corrected chi connectivity index (χ1v) is 7.19. The third-order valence-corrected chi connectivity index (χ3v) is 3.94. The molecule has 116 valence electrons. The van der Waals surface area contributed by atoms with Crippen LogP contribution in [0.3, 0.4) is 0 Å². The van der Waals surface area contributed by atoms with E-state index in [1.807, 2.05) is 6.07 Å². The number of aromatic amines is 1. The standard InChI is InChI=1S/C17H13F2N3O/c18-13-8-14-11(4-6-21-14)15(19)16(13)23-10-2-1-9-3-5-22-17(20)12(9)7-10/h1-2,4,6-8,21H,3,5H2,(H2,20,22). The highest BCUT2D eigenvalue weighted by atomic mass is 19.1. The van der Waals surface area contributed by atoms with Crippen LogP contribution < -0.4 is 10.5 Å². The van der Waals surface area contributed by atoms with Gasteiger partial charge < -0.3 is 15.5 Å². The fourth-order valence-electron chi connectivity index (χ4n) is 2.78. The molecule has 0 saturated carbocycles. The number of fused-ring (bicyclic) bond motifs is 2. The lowest BCUT2D eigenvalue weighted by Crippen LogP contribution is -2.20. The molecule has 0 unspecified atom stereocenters. The minimum atomic E-state index is -0.767. The first kappa shape index (κ1) is 13.8. The Morgan fingerprint density at radius 2 is 2.04 bits per heavy atom. The van der Waals surface area contributed by atoms with Crippen molar-refractivity contribution in [3.05, 3.63) is 59.3 Å². The second kappa shape index (κ2) is 5.08. The van der Waals surface area contributed by atoms with Crippen LogP contribution >= 0.6 is 0 Å². The van der Waals surface area contributed by atoms with Crippen molar-refractivity contribution < 1.29 is 13.5 Å². The van der Waals surface area contributed by atoms with Crippen LogP contribution in [0.4, 0.5) is 8.78 Å². The zero-order valence-electron chi connectivity index (χ0n) is 12.1. The van der Waals surface area contributed by atoms with Gasteiger partial charge in [-0.2, -0.15) is 0 Å². The number of nitrogens with one attached hydrogen (secondary N) is 1. The van der Waals surface area contributed by atoms with E-state index < -0.39 is 17.4 Å². The summed E-state index contributed by atoms with van der Waals surface area (Å²) in [7, 11) is 0. The van der Waals surface area contributed by atoms with Crippen molar-refractivity contribution in [1.29, 1.82) is 0 Å². The predicted molar refractivity (Wildman–Crippen MR) is 84.0 cm³/mol. The Hall–Kier alpha value is -2.89. The zero-order valence-corrected chi connectivity index (χ0v) is 12.1. The minimum Gasteiger partial charge on any atom is -0.451 e. The van der Waals surface area contributed by atoms with E-state index in [1.165, 1.54) is 12.1 Å². The van der Waals surface area contributed by atoms with Gasteiger partial charge in [-0.1, -0.05) is 6.07 Å². The summed E-state index contributed by atoms with van der Waals surface area (Å²) < 4.78 is 34.0. The summed E-state index contributed by atoms with van der Waals surface area (Å²) in [5.74, 6) is -1.20. The van der Waals surface area contributed by atoms with Crippen molar-refractivity contribution >= 4 is 16.7 Å². The molecule has 2 aromatic carbocycles. The Labute approximate surface area is 130 Å². The topological polar surface area (TPSA) is 63.4 Å². The number of benzene rings is 2. The summed E-state index contributed by atoms with van der Waals surface area (Å²) in [5, 5.41) is 0.278. The zero-order chi connectivity index (χ0) is 16.0. The Kier molecular flexibility index (Phi) is 3.04. The van der Waals surface area contributed by atoms with Crippen molar-refractivity contribution in [2.75, 3.05) is 6.54 Å². The third-order valence-electron chi connectivity index (χ3n) is 3.94. The number of hydrogen-bond donors (Lipinski definition) is 2. The maximum absolute atomic E-state index is 14.4. The van der Waals surface area contributed by atoms with Crippen LogP contribution in [0, 0.1) is 11.6 Å². The van der Waals surface area contributed by atoms with E-state index in [2.05, 4.69) is 9.98 Å². The lowest BCUT2D eigenvalue weighted by molar-refractivity contribution is 0.411. The fraction of sp³-hybridized carbons (Fsp3) is 0.118. The van der Waals surface area contributed by atoms with E-state index in [1.54, 1.807) is 18.3 Å². The number of aromatic nitrogens is 1. The minimum absolute atomic E-state index is 0.278. The van der Waals surface area contributed by atoms with Gasteiger partial charge in [0.1, 0.15) is 11.6 Å². The molecular weight excluding hydrogens is 300 g/mol. The van der Waals surface area contributed by atoms with Crippen molar-refractivity contribution in [2.24, 2.45) is 10.7 Å². The summed E-state index contributed by atoms with van der Waals surface area (Å²) in [4.78, 5) is 6.95. The van der Waals surface area contributed by atoms with E-state index in [0.29, 0.717) is 23.6 Å². The Morgan fingerprint density at radius 3 is 2.91 bits per heavy atom. The molecular formula is C17H13F2N3O. The number of nitrogens with two attached hydrogens (primary N) is 1. The van der Waals surface area contributed by atoms with Gasteiger partial charge in [0.2, 0.25) is 0 Å². The molecule has 0 atom stereocenters. The number of hydrogen-bond acceptors (Lipinski definition) is 3. The summed E-state index contributed by atoms with van der Waals surface area (Å²) in [6.45, 7) is 0.645. The van der Waals surface area contributed by atoms with E-state index in [0.717, 1.165) is 17.5 Å².